The van der Waals surface area contributed by atoms with E-state index in [1.807, 2.05) is 39.8 Å². The predicted octanol–water partition coefficient (Wildman–Crippen LogP) is 9.85. The van der Waals surface area contributed by atoms with Crippen LogP contribution in [0.15, 0.2) is 48.1 Å². The Kier molecular flexibility index (Phi) is 66.5. The van der Waals surface area contributed by atoms with Gasteiger partial charge in [-0.2, -0.15) is 13.3 Å². The van der Waals surface area contributed by atoms with Gasteiger partial charge in [0, 0.05) is 6.42 Å². The molecule has 0 aromatic heterocycles. The number of terminal acetylenes is 1. The number of carboxylic acids is 1. The van der Waals surface area contributed by atoms with Crippen LogP contribution in [0.25, 0.3) is 0 Å². The average Bonchev–Trinajstić information content (AvgIpc) is 3.30. The van der Waals surface area contributed by atoms with Crippen LogP contribution >= 0.6 is 12.2 Å². The van der Waals surface area contributed by atoms with E-state index in [0.717, 1.165) is 32.1 Å². The van der Waals surface area contributed by atoms with Crippen molar-refractivity contribution < 1.29 is 31.0 Å². The molecule has 0 saturated carbocycles. The van der Waals surface area contributed by atoms with Crippen LogP contribution in [0.1, 0.15) is 107 Å². The van der Waals surface area contributed by atoms with Gasteiger partial charge in [-0.25, -0.2) is 0 Å². The van der Waals surface area contributed by atoms with Gasteiger partial charge in [0.2, 0.25) is 0 Å². The van der Waals surface area contributed by atoms with E-state index in [1.165, 1.54) is 19.3 Å². The SMILES string of the molecule is C#CCC.C/C=C/C=C/CC.CCCC(C)C(=O)O.CCCC1=CC=CC1.C[C-]=S.[CH2-]CC.[W+2]. The van der Waals surface area contributed by atoms with Gasteiger partial charge >= 0.3 is 27.0 Å². The van der Waals surface area contributed by atoms with Gasteiger partial charge in [0.15, 0.2) is 0 Å². The van der Waals surface area contributed by atoms with Gasteiger partial charge in [-0.05, 0) is 32.6 Å². The Morgan fingerprint density at radius 1 is 1.26 bits per heavy atom. The summed E-state index contributed by atoms with van der Waals surface area (Å²) in [6.45, 7) is 19.2. The van der Waals surface area contributed by atoms with E-state index >= 15 is 0 Å². The topological polar surface area (TPSA) is 37.3 Å². The molecule has 1 rings (SSSR count). The Labute approximate surface area is 233 Å². The fourth-order valence-electron chi connectivity index (χ4n) is 1.88. The third kappa shape index (κ3) is 63.2. The molecule has 0 aliphatic heterocycles. The van der Waals surface area contributed by atoms with E-state index in [4.69, 9.17) is 11.5 Å². The number of carbonyl (C=O) groups is 1. The second-order valence-electron chi connectivity index (χ2n) is 6.86. The Morgan fingerprint density at radius 3 is 2.00 bits per heavy atom. The molecule has 1 atom stereocenters. The van der Waals surface area contributed by atoms with Crippen molar-refractivity contribution in [3.63, 3.8) is 0 Å². The van der Waals surface area contributed by atoms with E-state index < -0.39 is 5.97 Å². The van der Waals surface area contributed by atoms with Crippen LogP contribution in [0, 0.1) is 25.2 Å². The summed E-state index contributed by atoms with van der Waals surface area (Å²) in [4.78, 5) is 10.1. The quantitative estimate of drug-likeness (QED) is 0.128. The molecule has 0 saturated heterocycles. The maximum absolute atomic E-state index is 10.1. The standard InChI is InChI=1S/C8H12.C7H12.C6H12O2.C4H6.C3H7.C2H3S.W/c1-2-5-8-6-3-4-7-8;1-3-5-7-6-4-2;1-3-4-5(2)6(7)8;1-3-4-2;1-3-2;1-2-3;/h3-4,6H,2,5,7H2,1H3;3,5-7H,4H2,1-2H3;5H,3-4H2,1-2H3,(H,7,8);1H,4H2,2H3;1,3H2,2H3;1H3;/q;;;;2*-1;+2/b;5-3+,7-6+;;;;;. The Bertz CT molecular complexity index is 540. The van der Waals surface area contributed by atoms with Crippen molar-refractivity contribution in [3.05, 3.63) is 55.0 Å². The number of aliphatic carboxylic acids is 1. The molecule has 34 heavy (non-hydrogen) atoms. The zero-order chi connectivity index (χ0) is 26.8. The number of rotatable bonds is 7. The van der Waals surface area contributed by atoms with E-state index in [1.54, 1.807) is 19.4 Å². The molecule has 0 heterocycles. The van der Waals surface area contributed by atoms with Gasteiger partial charge in [0.1, 0.15) is 0 Å². The summed E-state index contributed by atoms with van der Waals surface area (Å²) in [5.41, 5.74) is 1.59. The first-order chi connectivity index (χ1) is 15.8. The molecular weight excluding hydrogens is 608 g/mol. The Hall–Kier alpha value is -1.23. The fraction of sp³-hybridized carbons (Fsp3) is 0.567. The van der Waals surface area contributed by atoms with Gasteiger partial charge in [0.05, 0.1) is 5.92 Å². The minimum absolute atomic E-state index is 0. The molecule has 0 spiro atoms. The summed E-state index contributed by atoms with van der Waals surface area (Å²) in [5, 5.41) is 10.6. The number of hydrogen-bond donors (Lipinski definition) is 1. The van der Waals surface area contributed by atoms with Crippen molar-refractivity contribution in [2.24, 2.45) is 5.92 Å². The molecule has 0 fully saturated rings. The predicted molar refractivity (Wildman–Crippen MR) is 156 cm³/mol. The molecule has 0 bridgehead atoms. The van der Waals surface area contributed by atoms with Gasteiger partial charge in [-0.3, -0.25) is 4.79 Å². The summed E-state index contributed by atoms with van der Waals surface area (Å²) in [5.74, 6) is 1.58. The minimum Gasteiger partial charge on any atom is -0.481 e. The molecule has 0 amide bonds. The summed E-state index contributed by atoms with van der Waals surface area (Å²) >= 11 is 4.14. The monoisotopic (exact) mass is 660 g/mol. The zero-order valence-corrected chi connectivity index (χ0v) is 27.0. The molecule has 0 aromatic carbocycles. The molecule has 0 aromatic rings. The van der Waals surface area contributed by atoms with Crippen molar-refractivity contribution in [2.45, 2.75) is 107 Å². The van der Waals surface area contributed by atoms with Crippen LogP contribution in [0.2, 0.25) is 0 Å². The summed E-state index contributed by atoms with van der Waals surface area (Å²) < 4.78 is 0. The van der Waals surface area contributed by atoms with Crippen LogP contribution in [0.4, 0.5) is 0 Å². The molecule has 1 aliphatic rings. The van der Waals surface area contributed by atoms with Crippen LogP contribution in [-0.4, -0.2) is 16.4 Å². The first kappa shape index (κ1) is 46.2. The average molecular weight is 661 g/mol. The third-order valence-corrected chi connectivity index (χ3v) is 3.44. The number of thiocarbonyl (C=S) groups is 1. The number of hydrogen-bond acceptors (Lipinski definition) is 2. The molecule has 1 N–H and O–H groups in total. The van der Waals surface area contributed by atoms with Gasteiger partial charge < -0.3 is 29.6 Å². The summed E-state index contributed by atoms with van der Waals surface area (Å²) in [7, 11) is 0. The van der Waals surface area contributed by atoms with Crippen molar-refractivity contribution in [3.8, 4) is 12.3 Å². The fourth-order valence-corrected chi connectivity index (χ4v) is 1.88. The van der Waals surface area contributed by atoms with Gasteiger partial charge in [-0.15, -0.1) is 12.3 Å². The van der Waals surface area contributed by atoms with Crippen LogP contribution in [-0.2, 0) is 25.9 Å². The summed E-state index contributed by atoms with van der Waals surface area (Å²) in [6.07, 6.45) is 28.1. The van der Waals surface area contributed by atoms with E-state index in [9.17, 15) is 4.79 Å². The van der Waals surface area contributed by atoms with Crippen molar-refractivity contribution in [1.29, 1.82) is 0 Å². The second-order valence-corrected chi connectivity index (χ2v) is 7.27. The van der Waals surface area contributed by atoms with Gasteiger partial charge in [0.25, 0.3) is 0 Å². The van der Waals surface area contributed by atoms with E-state index in [-0.39, 0.29) is 27.0 Å². The molecule has 0 radical (unpaired) electrons. The maximum Gasteiger partial charge on any atom is 2.00 e. The number of carboxylic acid groups (broad SMARTS) is 1. The van der Waals surface area contributed by atoms with Gasteiger partial charge in [-0.1, -0.05) is 102 Å². The largest absolute Gasteiger partial charge is 2.00 e. The van der Waals surface area contributed by atoms with E-state index in [2.05, 4.69) is 74.7 Å². The molecule has 2 nitrogen and oxygen atoms in total. The molecule has 4 heteroatoms. The first-order valence-corrected chi connectivity index (χ1v) is 12.5. The third-order valence-electron chi connectivity index (χ3n) is 3.44. The smallest absolute Gasteiger partial charge is 0.481 e. The summed E-state index contributed by atoms with van der Waals surface area (Å²) in [6, 6.07) is 0. The second kappa shape index (κ2) is 49.0. The van der Waals surface area contributed by atoms with E-state index in [0.29, 0.717) is 0 Å². The van der Waals surface area contributed by atoms with Crippen LogP contribution < -0.4 is 0 Å². The van der Waals surface area contributed by atoms with Crippen LogP contribution in [0.5, 0.6) is 0 Å². The molecule has 1 unspecified atom stereocenters. The Morgan fingerprint density at radius 2 is 1.76 bits per heavy atom. The molecule has 196 valence electrons. The first-order valence-electron chi connectivity index (χ1n) is 12.1. The molecular formula is C30H52O2SW. The van der Waals surface area contributed by atoms with Crippen molar-refractivity contribution in [1.82, 2.24) is 0 Å². The Balaban J connectivity index is -0.0000000720. The van der Waals surface area contributed by atoms with Crippen molar-refractivity contribution in [2.75, 3.05) is 0 Å². The number of allylic oxidation sites excluding steroid dienone is 8. The normalized spacial score (nSPS) is 11.0. The zero-order valence-electron chi connectivity index (χ0n) is 23.2. The minimum atomic E-state index is -0.688. The molecule has 1 aliphatic carbocycles. The van der Waals surface area contributed by atoms with Crippen molar-refractivity contribution >= 4 is 23.6 Å². The maximum atomic E-state index is 10.1. The van der Waals surface area contributed by atoms with Crippen LogP contribution in [0.3, 0.4) is 0 Å².